The Morgan fingerprint density at radius 3 is 0.877 bits per heavy atom. The molecule has 3 aliphatic heterocycles. The fraction of sp³-hybridized carbons (Fsp3) is 0.234. The second-order valence-corrected chi connectivity index (χ2v) is 28.4. The fourth-order valence-corrected chi connectivity index (χ4v) is 14.4. The summed E-state index contributed by atoms with van der Waals surface area (Å²) >= 11 is 0. The van der Waals surface area contributed by atoms with Gasteiger partial charge in [-0.3, -0.25) is 24.0 Å². The highest BCUT2D eigenvalue weighted by atomic mass is 16.4. The molecule has 1 atom stereocenters. The first-order valence-corrected chi connectivity index (χ1v) is 39.7. The fourth-order valence-electron chi connectivity index (χ4n) is 14.4. The van der Waals surface area contributed by atoms with Crippen molar-refractivity contribution in [3.05, 3.63) is 322 Å². The largest absolute Gasteiger partial charge is 0.506 e. The standard InChI is InChI=1S/C20H22N2O4.C20H22N2O3.C18H20N2O4.C18H18N2O4.C18H18N2O3/c1-4-11-22(12-5-2)14-9-7-13(8-10-14)17-15(6-3)18(23)16(20(25)26)19(24)21-17;1-4-11-22(12-5-2)16-9-7-15(8-10-16)18-14(6-3)13-17(20(24)25)19(23)21-18;1-2-11-9-15(18(23)24)17(22)19-16(11)12-3-5-13(6-4-12)20-8-7-14(21)10-20;1-2-13-15(19-17(22)14(16(13)21)18(23)24)11-5-7-12(8-6-11)20-9-3-4-10-20;1-2-12-11-15(18(22)23)17(21)19-16(12)13-5-7-14(8-6-13)20-9-3-4-10-20/h4-5,7-10H,1-2,6,11-12H2,3H3,(H,25,26)(H2,21,23,24);4-5,7-10,13H,1-2,6,11-12H2,3H3,(H,21,23)(H,24,25);3-6,9,14,21H,2,7-8,10H2,1H3,(H,19,22)(H,23,24);3-8H,2,9-10H2,1H3,(H,23,24)(H2,19,21,22);3-8,11H,2,9-10H2,1H3,(H,19,21)(H,22,23)/t;;14-;;/m..0../s1. The number of hydrogen-bond acceptors (Lipinski definition) is 18. The third-order valence-corrected chi connectivity index (χ3v) is 20.7. The first-order valence-electron chi connectivity index (χ1n) is 39.7. The maximum absolute atomic E-state index is 12.1. The van der Waals surface area contributed by atoms with Crippen LogP contribution in [0.5, 0.6) is 11.5 Å². The lowest BCUT2D eigenvalue weighted by molar-refractivity contribution is 0.0680. The number of rotatable bonds is 28. The Labute approximate surface area is 703 Å². The monoisotopic (exact) mass is 1660 g/mol. The molecule has 122 heavy (non-hydrogen) atoms. The molecule has 0 amide bonds. The second-order valence-electron chi connectivity index (χ2n) is 28.4. The van der Waals surface area contributed by atoms with Gasteiger partial charge in [0, 0.05) is 105 Å². The number of aromatic carboxylic acids is 5. The number of nitrogens with zero attached hydrogens (tertiary/aromatic N) is 5. The van der Waals surface area contributed by atoms with E-state index in [1.165, 1.54) is 18.2 Å². The van der Waals surface area contributed by atoms with Gasteiger partial charge in [-0.2, -0.15) is 0 Å². The van der Waals surface area contributed by atoms with Crippen molar-refractivity contribution in [1.82, 2.24) is 24.9 Å². The summed E-state index contributed by atoms with van der Waals surface area (Å²) in [5, 5.41) is 75.5. The van der Waals surface area contributed by atoms with Crippen LogP contribution in [0.2, 0.25) is 0 Å². The van der Waals surface area contributed by atoms with Crippen molar-refractivity contribution in [2.45, 2.75) is 79.2 Å². The summed E-state index contributed by atoms with van der Waals surface area (Å²) < 4.78 is 0. The first kappa shape index (κ1) is 91.1. The van der Waals surface area contributed by atoms with E-state index in [4.69, 9.17) is 25.5 Å². The average molecular weight is 1660 g/mol. The van der Waals surface area contributed by atoms with Gasteiger partial charge in [0.05, 0.1) is 34.6 Å². The van der Waals surface area contributed by atoms with Crippen molar-refractivity contribution in [3.8, 4) is 67.8 Å². The smallest absolute Gasteiger partial charge is 0.345 e. The molecule has 13 rings (SSSR count). The molecule has 3 aliphatic rings. The zero-order valence-electron chi connectivity index (χ0n) is 68.5. The van der Waals surface area contributed by atoms with Gasteiger partial charge in [0.15, 0.2) is 11.1 Å². The number of aromatic amines is 5. The number of aliphatic hydroxyl groups is 1. The van der Waals surface area contributed by atoms with Gasteiger partial charge in [0.2, 0.25) is 0 Å². The van der Waals surface area contributed by atoms with E-state index in [0.29, 0.717) is 110 Å². The van der Waals surface area contributed by atoms with Crippen molar-refractivity contribution in [2.24, 2.45) is 0 Å². The molecule has 28 nitrogen and oxygen atoms in total. The summed E-state index contributed by atoms with van der Waals surface area (Å²) in [6.07, 6.45) is 18.9. The van der Waals surface area contributed by atoms with E-state index in [9.17, 15) is 63.3 Å². The summed E-state index contributed by atoms with van der Waals surface area (Å²) in [5.41, 5.74) is 9.92. The molecule has 0 spiro atoms. The van der Waals surface area contributed by atoms with Crippen LogP contribution >= 0.6 is 0 Å². The van der Waals surface area contributed by atoms with E-state index in [1.807, 2.05) is 154 Å². The van der Waals surface area contributed by atoms with Crippen molar-refractivity contribution >= 4 is 58.3 Å². The molecule has 0 aliphatic carbocycles. The number of pyridine rings is 5. The number of hydrogen-bond donors (Lipinski definition) is 13. The lowest BCUT2D eigenvalue weighted by Crippen LogP contribution is -2.23. The Hall–Kier alpha value is -14.8. The molecule has 1 fully saturated rings. The molecular weight excluding hydrogens is 1560 g/mol. The number of carbonyl (C=O) groups is 5. The number of β-amino-alcohol motifs (C(OH)–C–C–N with tert-alkyl or cyclic N) is 1. The number of anilines is 5. The summed E-state index contributed by atoms with van der Waals surface area (Å²) in [7, 11) is 0. The molecule has 634 valence electrons. The topological polar surface area (TPSA) is 428 Å². The summed E-state index contributed by atoms with van der Waals surface area (Å²) in [5.74, 6) is -7.48. The number of aromatic nitrogens is 5. The van der Waals surface area contributed by atoms with Gasteiger partial charge in [-0.25, -0.2) is 24.0 Å². The quantitative estimate of drug-likeness (QED) is 0.0203. The molecule has 5 aromatic heterocycles. The lowest BCUT2D eigenvalue weighted by Gasteiger charge is -2.22. The van der Waals surface area contributed by atoms with Gasteiger partial charge in [-0.1, -0.05) is 144 Å². The van der Waals surface area contributed by atoms with Crippen molar-refractivity contribution in [3.63, 3.8) is 0 Å². The number of nitrogens with one attached hydrogen (secondary N) is 5. The molecule has 5 aromatic carbocycles. The molecule has 0 unspecified atom stereocenters. The minimum absolute atomic E-state index is 0.217. The van der Waals surface area contributed by atoms with Crippen LogP contribution in [0.3, 0.4) is 0 Å². The van der Waals surface area contributed by atoms with E-state index < -0.39 is 80.3 Å². The molecule has 28 heteroatoms. The van der Waals surface area contributed by atoms with E-state index in [2.05, 4.69) is 100 Å². The minimum atomic E-state index is -1.45. The van der Waals surface area contributed by atoms with Crippen LogP contribution < -0.4 is 52.3 Å². The van der Waals surface area contributed by atoms with E-state index >= 15 is 0 Å². The van der Waals surface area contributed by atoms with Crippen LogP contribution in [0, 0.1) is 0 Å². The van der Waals surface area contributed by atoms with Gasteiger partial charge in [0.1, 0.15) is 28.2 Å². The third-order valence-electron chi connectivity index (χ3n) is 20.7. The number of benzene rings is 5. The van der Waals surface area contributed by atoms with Gasteiger partial charge >= 0.3 is 29.8 Å². The molecule has 0 radical (unpaired) electrons. The number of carboxylic acid groups (broad SMARTS) is 5. The maximum atomic E-state index is 12.1. The average Bonchev–Trinajstić information content (AvgIpc) is 1.56. The van der Waals surface area contributed by atoms with Crippen LogP contribution in [-0.4, -0.2) is 167 Å². The summed E-state index contributed by atoms with van der Waals surface area (Å²) in [6.45, 7) is 32.1. The summed E-state index contributed by atoms with van der Waals surface area (Å²) in [4.78, 5) is 140. The van der Waals surface area contributed by atoms with Gasteiger partial charge in [-0.05, 0) is 162 Å². The van der Waals surface area contributed by atoms with E-state index in [1.54, 1.807) is 26.0 Å². The van der Waals surface area contributed by atoms with Crippen LogP contribution in [0.4, 0.5) is 28.4 Å². The highest BCUT2D eigenvalue weighted by molar-refractivity contribution is 5.94. The van der Waals surface area contributed by atoms with E-state index in [0.717, 1.165) is 107 Å². The van der Waals surface area contributed by atoms with Crippen LogP contribution in [0.25, 0.3) is 56.3 Å². The SMILES string of the molecule is C=CCN(CC=C)c1ccc(-c2[nH]c(=O)c(C(=O)O)c(O)c2CC)cc1.C=CCN(CC=C)c1ccc(-c2[nH]c(=O)c(C(=O)O)cc2CC)cc1.CCc1c(-c2ccc(N3CC=CC3)cc2)[nH]c(=O)c(C(=O)O)c1O.CCc1cc(C(=O)O)c(=O)[nH]c1-c1ccc(N2CC=CC2)cc1.CCc1cc(C(=O)O)c(=O)[nH]c1-c1ccc(N2CC[C@H](O)C2)cc1. The Balaban J connectivity index is 0.000000173. The van der Waals surface area contributed by atoms with Crippen molar-refractivity contribution < 1.29 is 64.8 Å². The van der Waals surface area contributed by atoms with Crippen LogP contribution in [0.1, 0.15) is 121 Å². The minimum Gasteiger partial charge on any atom is -0.506 e. The third kappa shape index (κ3) is 21.9. The number of carboxylic acids is 5. The maximum Gasteiger partial charge on any atom is 0.345 e. The van der Waals surface area contributed by atoms with Crippen LogP contribution in [0.15, 0.2) is 238 Å². The zero-order chi connectivity index (χ0) is 88.6. The number of aliphatic hydroxyl groups excluding tert-OH is 1. The Morgan fingerprint density at radius 1 is 0.377 bits per heavy atom. The molecule has 8 heterocycles. The molecule has 0 bridgehead atoms. The van der Waals surface area contributed by atoms with Gasteiger partial charge in [0.25, 0.3) is 27.8 Å². The first-order chi connectivity index (χ1) is 58.6. The number of aromatic hydroxyl groups is 2. The highest BCUT2D eigenvalue weighted by Crippen LogP contribution is 2.35. The highest BCUT2D eigenvalue weighted by Gasteiger charge is 2.26. The van der Waals surface area contributed by atoms with E-state index in [-0.39, 0.29) is 22.8 Å². The summed E-state index contributed by atoms with van der Waals surface area (Å²) in [6, 6.07) is 42.8. The predicted octanol–water partition coefficient (Wildman–Crippen LogP) is 13.6. The molecule has 10 aromatic rings. The Kier molecular flexibility index (Phi) is 31.8. The molecule has 0 saturated carbocycles. The Morgan fingerprint density at radius 2 is 0.639 bits per heavy atom. The molecule has 1 saturated heterocycles. The number of H-pyrrole nitrogens is 5. The number of aryl methyl sites for hydroxylation is 3. The normalized spacial score (nSPS) is 12.9. The predicted molar refractivity (Wildman–Crippen MR) is 478 cm³/mol. The van der Waals surface area contributed by atoms with Gasteiger partial charge < -0.3 is 90.3 Å². The zero-order valence-corrected chi connectivity index (χ0v) is 68.5. The van der Waals surface area contributed by atoms with Crippen LogP contribution in [-0.2, 0) is 32.1 Å². The Bertz CT molecular complexity index is 5850. The van der Waals surface area contributed by atoms with Gasteiger partial charge in [-0.15, -0.1) is 26.3 Å². The van der Waals surface area contributed by atoms with Crippen molar-refractivity contribution in [1.29, 1.82) is 0 Å². The second kappa shape index (κ2) is 42.5. The van der Waals surface area contributed by atoms with Crippen molar-refractivity contribution in [2.75, 3.05) is 89.9 Å². The molecule has 13 N–H and O–H groups in total. The lowest BCUT2D eigenvalue weighted by atomic mass is 10.0. The molecular formula is C94H100N10O18.